The van der Waals surface area contributed by atoms with Crippen molar-refractivity contribution in [2.24, 2.45) is 17.8 Å². The van der Waals surface area contributed by atoms with Gasteiger partial charge < -0.3 is 5.11 Å². The number of thioether (sulfide) groups is 1. The Labute approximate surface area is 96.8 Å². The zero-order valence-corrected chi connectivity index (χ0v) is 10.6. The van der Waals surface area contributed by atoms with Crippen molar-refractivity contribution in [1.82, 2.24) is 0 Å². The van der Waals surface area contributed by atoms with Gasteiger partial charge >= 0.3 is 5.97 Å². The van der Waals surface area contributed by atoms with Crippen LogP contribution < -0.4 is 0 Å². The topological polar surface area (TPSA) is 37.3 Å². The fourth-order valence-corrected chi connectivity index (χ4v) is 3.18. The van der Waals surface area contributed by atoms with Gasteiger partial charge in [-0.25, -0.2) is 0 Å². The van der Waals surface area contributed by atoms with Gasteiger partial charge in [-0.1, -0.05) is 13.3 Å². The van der Waals surface area contributed by atoms with E-state index < -0.39 is 5.97 Å². The molecule has 0 aliphatic heterocycles. The monoisotopic (exact) mass is 230 g/mol. The molecule has 3 unspecified atom stereocenters. The summed E-state index contributed by atoms with van der Waals surface area (Å²) in [5.41, 5.74) is 0. The van der Waals surface area contributed by atoms with Gasteiger partial charge in [-0.3, -0.25) is 4.79 Å². The van der Waals surface area contributed by atoms with E-state index in [0.29, 0.717) is 5.92 Å². The highest BCUT2D eigenvalue weighted by Gasteiger charge is 2.33. The third-order valence-corrected chi connectivity index (χ3v) is 4.32. The van der Waals surface area contributed by atoms with Crippen LogP contribution in [0.2, 0.25) is 0 Å². The third kappa shape index (κ3) is 3.71. The van der Waals surface area contributed by atoms with Crippen LogP contribution in [0.4, 0.5) is 0 Å². The highest BCUT2D eigenvalue weighted by Crippen LogP contribution is 2.37. The molecule has 0 radical (unpaired) electrons. The lowest BCUT2D eigenvalue weighted by Crippen LogP contribution is -2.31. The lowest BCUT2D eigenvalue weighted by atomic mass is 9.72. The second kappa shape index (κ2) is 6.41. The molecule has 0 aromatic carbocycles. The molecule has 1 fully saturated rings. The van der Waals surface area contributed by atoms with Crippen LogP contribution in [-0.4, -0.2) is 23.1 Å². The number of rotatable bonds is 5. The first-order valence-corrected chi connectivity index (χ1v) is 7.30. The first-order valence-electron chi connectivity index (χ1n) is 5.90. The average molecular weight is 230 g/mol. The lowest BCUT2D eigenvalue weighted by Gasteiger charge is -2.33. The minimum atomic E-state index is -0.573. The number of carboxylic acid groups (broad SMARTS) is 1. The van der Waals surface area contributed by atoms with Gasteiger partial charge in [0.1, 0.15) is 0 Å². The summed E-state index contributed by atoms with van der Waals surface area (Å²) in [5.74, 6) is 1.65. The molecule has 0 aromatic rings. The molecule has 0 heterocycles. The van der Waals surface area contributed by atoms with Gasteiger partial charge in [0, 0.05) is 0 Å². The number of hydrogen-bond donors (Lipinski definition) is 1. The maximum atomic E-state index is 11.1. The van der Waals surface area contributed by atoms with Crippen LogP contribution in [0.25, 0.3) is 0 Å². The number of carboxylic acids is 1. The summed E-state index contributed by atoms with van der Waals surface area (Å²) in [7, 11) is 0. The molecule has 1 N–H and O–H groups in total. The van der Waals surface area contributed by atoms with Gasteiger partial charge in [0.15, 0.2) is 0 Å². The Morgan fingerprint density at radius 3 is 2.73 bits per heavy atom. The Hall–Kier alpha value is -0.180. The smallest absolute Gasteiger partial charge is 0.306 e. The van der Waals surface area contributed by atoms with E-state index in [4.69, 9.17) is 5.11 Å². The molecule has 88 valence electrons. The van der Waals surface area contributed by atoms with E-state index in [1.807, 2.05) is 11.8 Å². The van der Waals surface area contributed by atoms with E-state index in [9.17, 15) is 4.79 Å². The first kappa shape index (κ1) is 12.9. The summed E-state index contributed by atoms with van der Waals surface area (Å²) in [6.45, 7) is 2.22. The maximum absolute atomic E-state index is 11.1. The summed E-state index contributed by atoms with van der Waals surface area (Å²) in [6.07, 6.45) is 7.52. The van der Waals surface area contributed by atoms with E-state index >= 15 is 0 Å². The molecule has 3 heteroatoms. The second-order valence-corrected chi connectivity index (χ2v) is 5.56. The van der Waals surface area contributed by atoms with Gasteiger partial charge in [-0.15, -0.1) is 0 Å². The minimum absolute atomic E-state index is 0.0695. The predicted molar refractivity (Wildman–Crippen MR) is 65.2 cm³/mol. The molecule has 1 saturated carbocycles. The number of aliphatic carboxylic acids is 1. The summed E-state index contributed by atoms with van der Waals surface area (Å²) >= 11 is 1.82. The maximum Gasteiger partial charge on any atom is 0.306 e. The average Bonchev–Trinajstić information content (AvgIpc) is 2.25. The molecule has 0 spiro atoms. The largest absolute Gasteiger partial charge is 0.481 e. The van der Waals surface area contributed by atoms with Crippen LogP contribution in [0.15, 0.2) is 0 Å². The van der Waals surface area contributed by atoms with Crippen molar-refractivity contribution in [1.29, 1.82) is 0 Å². The van der Waals surface area contributed by atoms with Gasteiger partial charge in [0.2, 0.25) is 0 Å². The van der Waals surface area contributed by atoms with Crippen LogP contribution in [0.3, 0.4) is 0 Å². The molecule has 3 atom stereocenters. The Morgan fingerprint density at radius 1 is 1.47 bits per heavy atom. The summed E-state index contributed by atoms with van der Waals surface area (Å²) in [5, 5.41) is 9.16. The van der Waals surface area contributed by atoms with Crippen molar-refractivity contribution in [3.8, 4) is 0 Å². The summed E-state index contributed by atoms with van der Waals surface area (Å²) in [4.78, 5) is 11.1. The highest BCUT2D eigenvalue weighted by molar-refractivity contribution is 7.98. The predicted octanol–water partition coefficient (Wildman–Crippen LogP) is 3.27. The molecule has 1 rings (SSSR count). The molecule has 0 amide bonds. The quantitative estimate of drug-likeness (QED) is 0.787. The first-order chi connectivity index (χ1) is 7.19. The van der Waals surface area contributed by atoms with E-state index in [0.717, 1.165) is 37.4 Å². The molecule has 1 aliphatic carbocycles. The van der Waals surface area contributed by atoms with Crippen LogP contribution >= 0.6 is 11.8 Å². The molecular formula is C12H22O2S. The SMILES string of the molecule is CCC1CCC(C(=O)O)C(CCSC)C1. The zero-order chi connectivity index (χ0) is 11.3. The lowest BCUT2D eigenvalue weighted by molar-refractivity contribution is -0.145. The normalized spacial score (nSPS) is 31.5. The van der Waals surface area contributed by atoms with Gasteiger partial charge in [-0.2, -0.15) is 11.8 Å². The standard InChI is InChI=1S/C12H22O2S/c1-3-9-4-5-11(12(13)14)10(8-9)6-7-15-2/h9-11H,3-8H2,1-2H3,(H,13,14). The van der Waals surface area contributed by atoms with Crippen molar-refractivity contribution in [3.05, 3.63) is 0 Å². The molecular weight excluding hydrogens is 208 g/mol. The second-order valence-electron chi connectivity index (χ2n) is 4.57. The molecule has 0 saturated heterocycles. The highest BCUT2D eigenvalue weighted by atomic mass is 32.2. The summed E-state index contributed by atoms with van der Waals surface area (Å²) < 4.78 is 0. The van der Waals surface area contributed by atoms with Crippen molar-refractivity contribution >= 4 is 17.7 Å². The zero-order valence-electron chi connectivity index (χ0n) is 9.74. The molecule has 0 bridgehead atoms. The van der Waals surface area contributed by atoms with Crippen LogP contribution in [0, 0.1) is 17.8 Å². The van der Waals surface area contributed by atoms with E-state index in [-0.39, 0.29) is 5.92 Å². The Kier molecular flexibility index (Phi) is 5.51. The van der Waals surface area contributed by atoms with Crippen molar-refractivity contribution in [2.45, 2.75) is 39.0 Å². The Balaban J connectivity index is 2.52. The third-order valence-electron chi connectivity index (χ3n) is 3.68. The van der Waals surface area contributed by atoms with E-state index in [1.54, 1.807) is 0 Å². The molecule has 0 aromatic heterocycles. The van der Waals surface area contributed by atoms with E-state index in [2.05, 4.69) is 13.2 Å². The fraction of sp³-hybridized carbons (Fsp3) is 0.917. The number of carbonyl (C=O) groups is 1. The van der Waals surface area contributed by atoms with Crippen LogP contribution in [0.1, 0.15) is 39.0 Å². The minimum Gasteiger partial charge on any atom is -0.481 e. The van der Waals surface area contributed by atoms with Crippen molar-refractivity contribution in [3.63, 3.8) is 0 Å². The van der Waals surface area contributed by atoms with Crippen LogP contribution in [0.5, 0.6) is 0 Å². The number of hydrogen-bond acceptors (Lipinski definition) is 2. The van der Waals surface area contributed by atoms with Gasteiger partial charge in [-0.05, 0) is 49.5 Å². The van der Waals surface area contributed by atoms with Gasteiger partial charge in [0.25, 0.3) is 0 Å². The molecule has 2 nitrogen and oxygen atoms in total. The summed E-state index contributed by atoms with van der Waals surface area (Å²) in [6, 6.07) is 0. The van der Waals surface area contributed by atoms with Gasteiger partial charge in [0.05, 0.1) is 5.92 Å². The molecule has 15 heavy (non-hydrogen) atoms. The Morgan fingerprint density at radius 2 is 2.20 bits per heavy atom. The van der Waals surface area contributed by atoms with Crippen molar-refractivity contribution < 1.29 is 9.90 Å². The van der Waals surface area contributed by atoms with E-state index in [1.165, 1.54) is 6.42 Å². The molecule has 1 aliphatic rings. The van der Waals surface area contributed by atoms with Crippen LogP contribution in [-0.2, 0) is 4.79 Å². The fourth-order valence-electron chi connectivity index (χ4n) is 2.65. The van der Waals surface area contributed by atoms with Crippen molar-refractivity contribution in [2.75, 3.05) is 12.0 Å². The Bertz CT molecular complexity index is 206.